The summed E-state index contributed by atoms with van der Waals surface area (Å²) >= 11 is 0. The van der Waals surface area contributed by atoms with Gasteiger partial charge in [0.1, 0.15) is 11.6 Å². The van der Waals surface area contributed by atoms with Gasteiger partial charge in [-0.25, -0.2) is 9.37 Å². The van der Waals surface area contributed by atoms with Gasteiger partial charge in [-0.1, -0.05) is 36.4 Å². The number of hydrogen-bond donors (Lipinski definition) is 2. The summed E-state index contributed by atoms with van der Waals surface area (Å²) in [5.41, 5.74) is 2.54. The highest BCUT2D eigenvalue weighted by Gasteiger charge is 2.34. The Morgan fingerprint density at radius 3 is 2.67 bits per heavy atom. The molecule has 1 amide bonds. The zero-order chi connectivity index (χ0) is 25.3. The highest BCUT2D eigenvalue weighted by Crippen LogP contribution is 2.32. The van der Waals surface area contributed by atoms with E-state index < -0.39 is 29.8 Å². The van der Waals surface area contributed by atoms with Crippen LogP contribution in [0.15, 0.2) is 66.7 Å². The molecular formula is C26H19F4N3O3. The molecule has 0 saturated carbocycles. The number of ether oxygens (including phenoxy) is 2. The predicted octanol–water partition coefficient (Wildman–Crippen LogP) is 5.51. The second-order valence-corrected chi connectivity index (χ2v) is 8.14. The number of H-pyrrole nitrogens is 1. The van der Waals surface area contributed by atoms with Crippen LogP contribution in [0.5, 0.6) is 5.75 Å². The van der Waals surface area contributed by atoms with Crippen molar-refractivity contribution in [2.45, 2.75) is 18.8 Å². The van der Waals surface area contributed by atoms with Crippen LogP contribution in [0.1, 0.15) is 34.1 Å². The van der Waals surface area contributed by atoms with Crippen LogP contribution in [0.25, 0.3) is 17.1 Å². The summed E-state index contributed by atoms with van der Waals surface area (Å²) in [6.45, 7) is 0.218. The molecule has 0 bridgehead atoms. The molecule has 0 fully saturated rings. The zero-order valence-corrected chi connectivity index (χ0v) is 18.6. The second-order valence-electron chi connectivity index (χ2n) is 8.14. The first-order chi connectivity index (χ1) is 17.3. The molecule has 10 heteroatoms. The van der Waals surface area contributed by atoms with Gasteiger partial charge in [0.2, 0.25) is 11.7 Å². The number of rotatable bonds is 5. The van der Waals surface area contributed by atoms with E-state index in [9.17, 15) is 22.4 Å². The van der Waals surface area contributed by atoms with Gasteiger partial charge in [0.25, 0.3) is 0 Å². The first-order valence-corrected chi connectivity index (χ1v) is 10.9. The van der Waals surface area contributed by atoms with E-state index in [-0.39, 0.29) is 24.4 Å². The third-order valence-corrected chi connectivity index (χ3v) is 5.65. The van der Waals surface area contributed by atoms with E-state index in [4.69, 9.17) is 9.47 Å². The maximum absolute atomic E-state index is 14.0. The van der Waals surface area contributed by atoms with E-state index in [1.807, 2.05) is 6.07 Å². The van der Waals surface area contributed by atoms with Crippen LogP contribution in [-0.4, -0.2) is 22.7 Å². The van der Waals surface area contributed by atoms with E-state index in [2.05, 4.69) is 15.3 Å². The van der Waals surface area contributed by atoms with Gasteiger partial charge in [-0.15, -0.1) is 0 Å². The largest absolute Gasteiger partial charge is 0.467 e. The molecule has 5 rings (SSSR count). The average Bonchev–Trinajstić information content (AvgIpc) is 3.30. The van der Waals surface area contributed by atoms with Gasteiger partial charge in [-0.3, -0.25) is 4.79 Å². The van der Waals surface area contributed by atoms with E-state index in [1.54, 1.807) is 30.3 Å². The lowest BCUT2D eigenvalue weighted by atomic mass is 9.98. The van der Waals surface area contributed by atoms with Crippen LogP contribution in [0.4, 0.5) is 17.6 Å². The molecule has 4 aromatic rings. The molecule has 1 aliphatic heterocycles. The van der Waals surface area contributed by atoms with Crippen LogP contribution < -0.4 is 10.1 Å². The molecular weight excluding hydrogens is 478 g/mol. The lowest BCUT2D eigenvalue weighted by Gasteiger charge is -2.20. The number of hydrogen-bond acceptors (Lipinski definition) is 4. The molecule has 1 atom stereocenters. The highest BCUT2D eigenvalue weighted by molar-refractivity contribution is 5.93. The Morgan fingerprint density at radius 2 is 1.89 bits per heavy atom. The highest BCUT2D eigenvalue weighted by atomic mass is 19.4. The fourth-order valence-corrected chi connectivity index (χ4v) is 4.03. The molecule has 1 unspecified atom stereocenters. The van der Waals surface area contributed by atoms with Gasteiger partial charge in [-0.05, 0) is 41.5 Å². The number of fused-ring (bicyclic) bond motifs is 2. The molecule has 0 spiro atoms. The summed E-state index contributed by atoms with van der Waals surface area (Å²) in [6.07, 6.45) is -1.92. The quantitative estimate of drug-likeness (QED) is 0.282. The number of carbonyl (C=O) groups excluding carboxylic acids is 1. The maximum atomic E-state index is 14.0. The third-order valence-electron chi connectivity index (χ3n) is 5.65. The van der Waals surface area contributed by atoms with Crippen molar-refractivity contribution in [3.63, 3.8) is 0 Å². The van der Waals surface area contributed by atoms with Crippen LogP contribution >= 0.6 is 0 Å². The van der Waals surface area contributed by atoms with Crippen LogP contribution in [0.2, 0.25) is 0 Å². The fraction of sp³-hybridized carbons (Fsp3) is 0.154. The van der Waals surface area contributed by atoms with Crippen molar-refractivity contribution < 1.29 is 31.8 Å². The van der Waals surface area contributed by atoms with Crippen LogP contribution in [-0.2, 0) is 22.3 Å². The van der Waals surface area contributed by atoms with Gasteiger partial charge in [0, 0.05) is 17.2 Å². The molecule has 2 N–H and O–H groups in total. The predicted molar refractivity (Wildman–Crippen MR) is 123 cm³/mol. The lowest BCUT2D eigenvalue weighted by Crippen LogP contribution is -2.27. The Balaban J connectivity index is 1.44. The molecule has 184 valence electrons. The number of benzene rings is 3. The summed E-state index contributed by atoms with van der Waals surface area (Å²) < 4.78 is 63.9. The van der Waals surface area contributed by atoms with Gasteiger partial charge in [0.05, 0.1) is 23.7 Å². The molecule has 2 heterocycles. The summed E-state index contributed by atoms with van der Waals surface area (Å²) in [4.78, 5) is 18.8. The standard InChI is InChI=1S/C26H19F4N3O3/c27-19-10-17(24-18(11-19)13-35-14-36-24)7-9-22(34)33-23(15-4-2-1-3-5-15)16-6-8-20-21(12-16)32-25(31-20)26(28,29)30/h1-12,23H,13-14H2,(H,31,32)(H,33,34)/b9-7+. The molecule has 1 aliphatic rings. The first kappa shape index (κ1) is 23.6. The molecule has 1 aromatic heterocycles. The van der Waals surface area contributed by atoms with Gasteiger partial charge >= 0.3 is 6.18 Å². The smallest absolute Gasteiger partial charge is 0.449 e. The lowest BCUT2D eigenvalue weighted by molar-refractivity contribution is -0.144. The van der Waals surface area contributed by atoms with E-state index in [0.717, 1.165) is 5.56 Å². The molecule has 0 aliphatic carbocycles. The van der Waals surface area contributed by atoms with E-state index in [1.165, 1.54) is 36.4 Å². The van der Waals surface area contributed by atoms with Crippen molar-refractivity contribution in [1.29, 1.82) is 0 Å². The molecule has 0 saturated heterocycles. The zero-order valence-electron chi connectivity index (χ0n) is 18.6. The van der Waals surface area contributed by atoms with Crippen molar-refractivity contribution in [1.82, 2.24) is 15.3 Å². The number of aromatic amines is 1. The normalized spacial score (nSPS) is 14.4. The molecule has 36 heavy (non-hydrogen) atoms. The summed E-state index contributed by atoms with van der Waals surface area (Å²) in [7, 11) is 0. The van der Waals surface area contributed by atoms with Crippen molar-refractivity contribution >= 4 is 23.0 Å². The Hall–Kier alpha value is -4.18. The summed E-state index contributed by atoms with van der Waals surface area (Å²) in [6, 6.07) is 15.5. The number of nitrogens with one attached hydrogen (secondary N) is 2. The summed E-state index contributed by atoms with van der Waals surface area (Å²) in [5.74, 6) is -1.63. The monoisotopic (exact) mass is 497 g/mol. The van der Waals surface area contributed by atoms with Crippen molar-refractivity contribution in [3.05, 3.63) is 101 Å². The Morgan fingerprint density at radius 1 is 1.08 bits per heavy atom. The third kappa shape index (κ3) is 4.94. The maximum Gasteiger partial charge on any atom is 0.449 e. The minimum Gasteiger partial charge on any atom is -0.467 e. The average molecular weight is 497 g/mol. The number of imidazole rings is 1. The minimum atomic E-state index is -4.61. The Kier molecular flexibility index (Phi) is 6.19. The van der Waals surface area contributed by atoms with Crippen molar-refractivity contribution in [2.75, 3.05) is 6.79 Å². The van der Waals surface area contributed by atoms with Gasteiger partial charge < -0.3 is 19.8 Å². The van der Waals surface area contributed by atoms with Crippen LogP contribution in [0.3, 0.4) is 0 Å². The SMILES string of the molecule is O=C(/C=C/c1cc(F)cc2c1OCOC2)NC(c1ccccc1)c1ccc2nc(C(F)(F)F)[nH]c2c1. The Bertz CT molecular complexity index is 1450. The molecule has 0 radical (unpaired) electrons. The topological polar surface area (TPSA) is 76.2 Å². The molecule has 6 nitrogen and oxygen atoms in total. The minimum absolute atomic E-state index is 0.0217. The van der Waals surface area contributed by atoms with Crippen molar-refractivity contribution in [3.8, 4) is 5.75 Å². The van der Waals surface area contributed by atoms with Gasteiger partial charge in [-0.2, -0.15) is 13.2 Å². The number of carbonyl (C=O) groups is 1. The molecule has 3 aromatic carbocycles. The number of halogens is 4. The Labute approximate surface area is 202 Å². The van der Waals surface area contributed by atoms with Crippen molar-refractivity contribution in [2.24, 2.45) is 0 Å². The van der Waals surface area contributed by atoms with Gasteiger partial charge in [0.15, 0.2) is 6.79 Å². The fourth-order valence-electron chi connectivity index (χ4n) is 4.03. The first-order valence-electron chi connectivity index (χ1n) is 10.9. The number of amides is 1. The van der Waals surface area contributed by atoms with E-state index >= 15 is 0 Å². The number of aromatic nitrogens is 2. The van der Waals surface area contributed by atoms with Crippen LogP contribution in [0, 0.1) is 5.82 Å². The number of nitrogens with zero attached hydrogens (tertiary/aromatic N) is 1. The summed E-state index contributed by atoms with van der Waals surface area (Å²) in [5, 5.41) is 2.87. The van der Waals surface area contributed by atoms with E-state index in [0.29, 0.717) is 22.4 Å². The number of alkyl halides is 3. The second kappa shape index (κ2) is 9.46.